The molecule has 0 saturated carbocycles. The van der Waals surface area contributed by atoms with Gasteiger partial charge >= 0.3 is 0 Å². The van der Waals surface area contributed by atoms with Gasteiger partial charge in [0.1, 0.15) is 0 Å². The maximum atomic E-state index is 2.42. The van der Waals surface area contributed by atoms with E-state index in [9.17, 15) is 0 Å². The average molecular weight is 154 g/mol. The highest BCUT2D eigenvalue weighted by atomic mass is 31.1. The summed E-state index contributed by atoms with van der Waals surface area (Å²) in [4.78, 5) is 0. The Morgan fingerprint density at radius 3 is 3.00 bits per heavy atom. The lowest BCUT2D eigenvalue weighted by Gasteiger charge is -2.09. The predicted molar refractivity (Wildman–Crippen MR) is 49.7 cm³/mol. The highest BCUT2D eigenvalue weighted by molar-refractivity contribution is 7.46. The van der Waals surface area contributed by atoms with Crippen LogP contribution in [0.1, 0.15) is 32.6 Å². The number of allylic oxidation sites excluding steroid dienone is 3. The van der Waals surface area contributed by atoms with Crippen molar-refractivity contribution >= 4 is 8.58 Å². The van der Waals surface area contributed by atoms with Crippen LogP contribution in [0.25, 0.3) is 0 Å². The summed E-state index contributed by atoms with van der Waals surface area (Å²) in [6.07, 6.45) is 10.1. The third-order valence-corrected chi connectivity index (χ3v) is 3.05. The van der Waals surface area contributed by atoms with E-state index in [1.165, 1.54) is 25.7 Å². The van der Waals surface area contributed by atoms with E-state index in [2.05, 4.69) is 24.9 Å². The number of rotatable bonds is 2. The number of hydrogen-bond donors (Lipinski definition) is 0. The van der Waals surface area contributed by atoms with Crippen molar-refractivity contribution in [2.75, 3.05) is 0 Å². The van der Waals surface area contributed by atoms with Gasteiger partial charge in [-0.3, -0.25) is 0 Å². The van der Waals surface area contributed by atoms with Gasteiger partial charge in [-0.2, -0.15) is 0 Å². The maximum Gasteiger partial charge on any atom is -0.0277 e. The van der Waals surface area contributed by atoms with Crippen LogP contribution in [-0.2, 0) is 0 Å². The minimum Gasteiger partial charge on any atom is -0.0871 e. The molecular weight excluding hydrogens is 139 g/mol. The van der Waals surface area contributed by atoms with Crippen LogP contribution in [0.5, 0.6) is 0 Å². The Morgan fingerprint density at radius 2 is 2.40 bits per heavy atom. The van der Waals surface area contributed by atoms with Gasteiger partial charge in [0, 0.05) is 0 Å². The quantitative estimate of drug-likeness (QED) is 0.532. The van der Waals surface area contributed by atoms with Crippen molar-refractivity contribution in [1.29, 1.82) is 0 Å². The Morgan fingerprint density at radius 1 is 1.50 bits per heavy atom. The van der Waals surface area contributed by atoms with E-state index in [0.29, 0.717) is 0 Å². The largest absolute Gasteiger partial charge is 0.0871 e. The van der Waals surface area contributed by atoms with Gasteiger partial charge in [0.25, 0.3) is 0 Å². The maximum absolute atomic E-state index is 2.42. The van der Waals surface area contributed by atoms with Gasteiger partial charge in [0.15, 0.2) is 0 Å². The van der Waals surface area contributed by atoms with Crippen LogP contribution in [0.2, 0.25) is 0 Å². The fraction of sp³-hybridized carbons (Fsp3) is 0.556. The highest BCUT2D eigenvalue weighted by Gasteiger charge is 2.00. The summed E-state index contributed by atoms with van der Waals surface area (Å²) >= 11 is 0. The topological polar surface area (TPSA) is 0 Å². The van der Waals surface area contributed by atoms with Crippen molar-refractivity contribution in [3.05, 3.63) is 23.3 Å². The van der Waals surface area contributed by atoms with Crippen LogP contribution in [0.4, 0.5) is 0 Å². The minimum absolute atomic E-state index is 0.962. The monoisotopic (exact) mass is 154 g/mol. The van der Waals surface area contributed by atoms with Crippen LogP contribution in [-0.4, -0.2) is 0 Å². The molecule has 0 heterocycles. The molecule has 0 nitrogen and oxygen atoms in total. The highest BCUT2D eigenvalue weighted by Crippen LogP contribution is 2.33. The van der Waals surface area contributed by atoms with Crippen molar-refractivity contribution in [2.24, 2.45) is 0 Å². The summed E-state index contributed by atoms with van der Waals surface area (Å²) in [6, 6.07) is 0. The van der Waals surface area contributed by atoms with Crippen LogP contribution < -0.4 is 0 Å². The molecule has 1 unspecified atom stereocenters. The third kappa shape index (κ3) is 2.66. The molecule has 0 spiro atoms. The molecule has 0 N–H and O–H groups in total. The Bertz CT molecular complexity index is 145. The first-order chi connectivity index (χ1) is 4.93. The lowest BCUT2D eigenvalue weighted by molar-refractivity contribution is 0.723. The minimum atomic E-state index is 0.962. The van der Waals surface area contributed by atoms with E-state index in [-0.39, 0.29) is 0 Å². The molecule has 1 atom stereocenters. The molecule has 0 bridgehead atoms. The zero-order valence-corrected chi connectivity index (χ0v) is 7.56. The Labute approximate surface area is 65.2 Å². The predicted octanol–water partition coefficient (Wildman–Crippen LogP) is 3.66. The normalized spacial score (nSPS) is 20.7. The van der Waals surface area contributed by atoms with Gasteiger partial charge in [0.05, 0.1) is 0 Å². The van der Waals surface area contributed by atoms with Crippen molar-refractivity contribution in [2.45, 2.75) is 32.6 Å². The molecule has 1 aliphatic carbocycles. The first kappa shape index (κ1) is 8.01. The second-order valence-electron chi connectivity index (χ2n) is 2.62. The average Bonchev–Trinajstić information content (AvgIpc) is 2.03. The molecule has 0 aromatic carbocycles. The lowest BCUT2D eigenvalue weighted by atomic mass is 10.1. The van der Waals surface area contributed by atoms with Crippen molar-refractivity contribution in [3.63, 3.8) is 0 Å². The zero-order chi connectivity index (χ0) is 7.23. The molecule has 1 heteroatoms. The molecule has 0 aromatic rings. The van der Waals surface area contributed by atoms with Crippen LogP contribution >= 0.6 is 8.58 Å². The molecule has 1 aliphatic rings. The molecule has 0 saturated heterocycles. The van der Waals surface area contributed by atoms with E-state index in [0.717, 1.165) is 8.58 Å². The first-order valence-corrected chi connectivity index (χ1v) is 5.08. The van der Waals surface area contributed by atoms with E-state index in [1.807, 2.05) is 0 Å². The van der Waals surface area contributed by atoms with Crippen molar-refractivity contribution < 1.29 is 0 Å². The van der Waals surface area contributed by atoms with E-state index in [4.69, 9.17) is 0 Å². The fourth-order valence-corrected chi connectivity index (χ4v) is 2.12. The fourth-order valence-electron chi connectivity index (χ4n) is 1.16. The molecule has 56 valence electrons. The molecule has 0 aliphatic heterocycles. The van der Waals surface area contributed by atoms with Crippen molar-refractivity contribution in [3.8, 4) is 0 Å². The Balaban J connectivity index is 2.31. The summed E-state index contributed by atoms with van der Waals surface area (Å²) in [5.74, 6) is 2.27. The van der Waals surface area contributed by atoms with Gasteiger partial charge in [0.2, 0.25) is 0 Å². The van der Waals surface area contributed by atoms with Gasteiger partial charge in [-0.1, -0.05) is 26.5 Å². The number of hydrogen-bond acceptors (Lipinski definition) is 0. The zero-order valence-electron chi connectivity index (χ0n) is 6.56. The molecular formula is C9H15P. The lowest BCUT2D eigenvalue weighted by Crippen LogP contribution is -1.84. The van der Waals surface area contributed by atoms with Gasteiger partial charge in [-0.15, -0.1) is 0 Å². The molecule has 0 radical (unpaired) electrons. The molecule has 1 rings (SSSR count). The summed E-state index contributed by atoms with van der Waals surface area (Å²) in [5.41, 5.74) is 0. The third-order valence-electron chi connectivity index (χ3n) is 1.73. The standard InChI is InChI=1S/C9H15P/c1-2-8-10-9-6-4-3-5-7-9/h2,6,8,10H,3-5,7H2,1H3/b8-2-. The van der Waals surface area contributed by atoms with Crippen LogP contribution in [0.15, 0.2) is 23.3 Å². The second kappa shape index (κ2) is 4.68. The molecule has 0 amide bonds. The van der Waals surface area contributed by atoms with E-state index in [1.54, 1.807) is 5.31 Å². The van der Waals surface area contributed by atoms with Gasteiger partial charge < -0.3 is 0 Å². The second-order valence-corrected chi connectivity index (χ2v) is 3.88. The van der Waals surface area contributed by atoms with Crippen LogP contribution in [0.3, 0.4) is 0 Å². The summed E-state index contributed by atoms with van der Waals surface area (Å²) in [5, 5.41) is 1.67. The van der Waals surface area contributed by atoms with Gasteiger partial charge in [-0.05, 0) is 37.9 Å². The van der Waals surface area contributed by atoms with Crippen LogP contribution in [0, 0.1) is 0 Å². The Hall–Kier alpha value is -0.0900. The molecule has 0 fully saturated rings. The van der Waals surface area contributed by atoms with E-state index < -0.39 is 0 Å². The Kier molecular flexibility index (Phi) is 3.75. The summed E-state index contributed by atoms with van der Waals surface area (Å²) in [6.45, 7) is 2.09. The molecule has 10 heavy (non-hydrogen) atoms. The smallest absolute Gasteiger partial charge is 0.0277 e. The van der Waals surface area contributed by atoms with Gasteiger partial charge in [-0.25, -0.2) is 0 Å². The first-order valence-electron chi connectivity index (χ1n) is 4.00. The summed E-state index contributed by atoms with van der Waals surface area (Å²) in [7, 11) is 0.962. The van der Waals surface area contributed by atoms with Crippen molar-refractivity contribution in [1.82, 2.24) is 0 Å². The summed E-state index contributed by atoms with van der Waals surface area (Å²) < 4.78 is 0. The SMILES string of the molecule is C/C=C\PC1=CCCCC1. The molecule has 0 aromatic heterocycles. The van der Waals surface area contributed by atoms with E-state index >= 15 is 0 Å².